The van der Waals surface area contributed by atoms with E-state index in [0.29, 0.717) is 17.1 Å². The zero-order chi connectivity index (χ0) is 12.3. The maximum Gasteiger partial charge on any atom is 0.123 e. The molecule has 0 aliphatic carbocycles. The molecule has 2 aromatic rings. The minimum atomic E-state index is 0.535. The first-order valence-electron chi connectivity index (χ1n) is 5.18. The molecule has 0 aliphatic heterocycles. The van der Waals surface area contributed by atoms with Crippen LogP contribution in [0.2, 0.25) is 5.02 Å². The second-order valence-corrected chi connectivity index (χ2v) is 4.08. The van der Waals surface area contributed by atoms with Crippen LogP contribution in [0.3, 0.4) is 0 Å². The molecular weight excluding hydrogens is 236 g/mol. The molecule has 0 radical (unpaired) electrons. The van der Waals surface area contributed by atoms with E-state index in [4.69, 9.17) is 21.3 Å². The largest absolute Gasteiger partial charge is 0.465 e. The third-order valence-corrected chi connectivity index (χ3v) is 2.66. The summed E-state index contributed by atoms with van der Waals surface area (Å²) in [6, 6.07) is 11.0. The number of halogens is 1. The average Bonchev–Trinajstić information content (AvgIpc) is 2.73. The van der Waals surface area contributed by atoms with Gasteiger partial charge in [-0.1, -0.05) is 11.6 Å². The Kier molecular flexibility index (Phi) is 3.36. The Balaban J connectivity index is 2.07. The Labute approximate surface area is 105 Å². The van der Waals surface area contributed by atoms with Gasteiger partial charge in [-0.25, -0.2) is 0 Å². The summed E-state index contributed by atoms with van der Waals surface area (Å²) in [7, 11) is 0. The first-order chi connectivity index (χ1) is 8.19. The molecule has 1 N–H and O–H groups in total. The van der Waals surface area contributed by atoms with E-state index in [1.807, 2.05) is 25.1 Å². The number of rotatable bonds is 3. The van der Waals surface area contributed by atoms with Crippen molar-refractivity contribution in [1.82, 2.24) is 0 Å². The van der Waals surface area contributed by atoms with Crippen molar-refractivity contribution in [2.45, 2.75) is 13.5 Å². The summed E-state index contributed by atoms with van der Waals surface area (Å²) in [5.41, 5.74) is 1.34. The standard InChI is InChI=1S/C13H11ClN2O/c1-9-2-4-11(17-9)8-16-13-5-3-10(7-15)6-12(13)14/h2-6,16H,8H2,1H3. The van der Waals surface area contributed by atoms with Gasteiger partial charge in [0.25, 0.3) is 0 Å². The number of nitriles is 1. The number of anilines is 1. The highest BCUT2D eigenvalue weighted by molar-refractivity contribution is 6.33. The Morgan fingerprint density at radius 2 is 2.18 bits per heavy atom. The van der Waals surface area contributed by atoms with Crippen LogP contribution in [0.4, 0.5) is 5.69 Å². The number of hydrogen-bond donors (Lipinski definition) is 1. The van der Waals surface area contributed by atoms with Gasteiger partial charge in [-0.15, -0.1) is 0 Å². The van der Waals surface area contributed by atoms with Gasteiger partial charge in [-0.3, -0.25) is 0 Å². The van der Waals surface area contributed by atoms with E-state index in [2.05, 4.69) is 5.32 Å². The van der Waals surface area contributed by atoms with Gasteiger partial charge in [0.1, 0.15) is 11.5 Å². The lowest BCUT2D eigenvalue weighted by molar-refractivity contribution is 0.490. The normalized spacial score (nSPS) is 9.94. The number of nitrogens with zero attached hydrogens (tertiary/aromatic N) is 1. The summed E-state index contributed by atoms with van der Waals surface area (Å²) in [5, 5.41) is 12.4. The van der Waals surface area contributed by atoms with Crippen LogP contribution in [0.5, 0.6) is 0 Å². The lowest BCUT2D eigenvalue weighted by atomic mass is 10.2. The molecule has 1 aromatic carbocycles. The monoisotopic (exact) mass is 246 g/mol. The molecule has 0 unspecified atom stereocenters. The number of aryl methyl sites for hydroxylation is 1. The van der Waals surface area contributed by atoms with Crippen molar-refractivity contribution < 1.29 is 4.42 Å². The first kappa shape index (κ1) is 11.6. The minimum absolute atomic E-state index is 0.535. The van der Waals surface area contributed by atoms with Crippen LogP contribution in [0.1, 0.15) is 17.1 Å². The predicted molar refractivity (Wildman–Crippen MR) is 66.9 cm³/mol. The fraction of sp³-hybridized carbons (Fsp3) is 0.154. The molecular formula is C13H11ClN2O. The lowest BCUT2D eigenvalue weighted by Gasteiger charge is -2.06. The first-order valence-corrected chi connectivity index (χ1v) is 5.55. The third kappa shape index (κ3) is 2.80. The zero-order valence-corrected chi connectivity index (χ0v) is 10.1. The summed E-state index contributed by atoms with van der Waals surface area (Å²) in [4.78, 5) is 0. The summed E-state index contributed by atoms with van der Waals surface area (Å²) in [5.74, 6) is 1.73. The molecule has 1 aromatic heterocycles. The van der Waals surface area contributed by atoms with Crippen molar-refractivity contribution in [3.63, 3.8) is 0 Å². The molecule has 0 saturated carbocycles. The number of furan rings is 1. The van der Waals surface area contributed by atoms with Crippen molar-refractivity contribution in [3.05, 3.63) is 52.4 Å². The summed E-state index contributed by atoms with van der Waals surface area (Å²) in [6.45, 7) is 2.47. The van der Waals surface area contributed by atoms with Crippen molar-refractivity contribution >= 4 is 17.3 Å². The van der Waals surface area contributed by atoms with E-state index in [0.717, 1.165) is 17.2 Å². The summed E-state index contributed by atoms with van der Waals surface area (Å²) >= 11 is 6.04. The van der Waals surface area contributed by atoms with Crippen molar-refractivity contribution in [2.75, 3.05) is 5.32 Å². The number of hydrogen-bond acceptors (Lipinski definition) is 3. The molecule has 3 nitrogen and oxygen atoms in total. The van der Waals surface area contributed by atoms with Gasteiger partial charge in [0, 0.05) is 0 Å². The van der Waals surface area contributed by atoms with Crippen molar-refractivity contribution in [2.24, 2.45) is 0 Å². The summed E-state index contributed by atoms with van der Waals surface area (Å²) in [6.07, 6.45) is 0. The van der Waals surface area contributed by atoms with Crippen LogP contribution in [-0.4, -0.2) is 0 Å². The Bertz CT molecular complexity index is 569. The van der Waals surface area contributed by atoms with E-state index in [1.165, 1.54) is 0 Å². The lowest BCUT2D eigenvalue weighted by Crippen LogP contribution is -1.98. The van der Waals surface area contributed by atoms with Crippen molar-refractivity contribution in [3.8, 4) is 6.07 Å². The second-order valence-electron chi connectivity index (χ2n) is 3.67. The molecule has 1 heterocycles. The molecule has 0 bridgehead atoms. The fourth-order valence-corrected chi connectivity index (χ4v) is 1.74. The quantitative estimate of drug-likeness (QED) is 0.898. The summed E-state index contributed by atoms with van der Waals surface area (Å²) < 4.78 is 5.43. The van der Waals surface area contributed by atoms with Gasteiger partial charge in [0.15, 0.2) is 0 Å². The van der Waals surface area contributed by atoms with Crippen LogP contribution in [0, 0.1) is 18.3 Å². The molecule has 0 fully saturated rings. The van der Waals surface area contributed by atoms with E-state index >= 15 is 0 Å². The molecule has 4 heteroatoms. The van der Waals surface area contributed by atoms with Crippen LogP contribution in [0.15, 0.2) is 34.7 Å². The van der Waals surface area contributed by atoms with Crippen LogP contribution in [-0.2, 0) is 6.54 Å². The second kappa shape index (κ2) is 4.94. The minimum Gasteiger partial charge on any atom is -0.465 e. The van der Waals surface area contributed by atoms with E-state index in [1.54, 1.807) is 18.2 Å². The van der Waals surface area contributed by atoms with E-state index in [9.17, 15) is 0 Å². The van der Waals surface area contributed by atoms with Gasteiger partial charge in [-0.2, -0.15) is 5.26 Å². The van der Waals surface area contributed by atoms with Crippen LogP contribution in [0.25, 0.3) is 0 Å². The van der Waals surface area contributed by atoms with Gasteiger partial charge >= 0.3 is 0 Å². The highest BCUT2D eigenvalue weighted by atomic mass is 35.5. The maximum atomic E-state index is 8.72. The fourth-order valence-electron chi connectivity index (χ4n) is 1.49. The van der Waals surface area contributed by atoms with E-state index in [-0.39, 0.29) is 0 Å². The molecule has 17 heavy (non-hydrogen) atoms. The molecule has 2 rings (SSSR count). The van der Waals surface area contributed by atoms with Crippen molar-refractivity contribution in [1.29, 1.82) is 5.26 Å². The average molecular weight is 247 g/mol. The SMILES string of the molecule is Cc1ccc(CNc2ccc(C#N)cc2Cl)o1. The van der Waals surface area contributed by atoms with E-state index < -0.39 is 0 Å². The van der Waals surface area contributed by atoms with Crippen LogP contribution < -0.4 is 5.32 Å². The third-order valence-electron chi connectivity index (χ3n) is 2.35. The zero-order valence-electron chi connectivity index (χ0n) is 9.33. The van der Waals surface area contributed by atoms with Gasteiger partial charge in [-0.05, 0) is 37.3 Å². The molecule has 0 aliphatic rings. The number of nitrogens with one attached hydrogen (secondary N) is 1. The molecule has 86 valence electrons. The Morgan fingerprint density at radius 1 is 1.35 bits per heavy atom. The van der Waals surface area contributed by atoms with Crippen LogP contribution >= 0.6 is 11.6 Å². The topological polar surface area (TPSA) is 49.0 Å². The highest BCUT2D eigenvalue weighted by Crippen LogP contribution is 2.23. The van der Waals surface area contributed by atoms with Gasteiger partial charge < -0.3 is 9.73 Å². The molecule has 0 amide bonds. The number of benzene rings is 1. The Morgan fingerprint density at radius 3 is 2.76 bits per heavy atom. The molecule has 0 saturated heterocycles. The van der Waals surface area contributed by atoms with Gasteiger partial charge in [0.2, 0.25) is 0 Å². The molecule has 0 atom stereocenters. The smallest absolute Gasteiger partial charge is 0.123 e. The molecule has 0 spiro atoms. The van der Waals surface area contributed by atoms with Gasteiger partial charge in [0.05, 0.1) is 28.9 Å². The maximum absolute atomic E-state index is 8.72. The Hall–Kier alpha value is -1.92. The highest BCUT2D eigenvalue weighted by Gasteiger charge is 2.03. The predicted octanol–water partition coefficient (Wildman–Crippen LogP) is 3.73.